The molecule has 2 aromatic rings. The Morgan fingerprint density at radius 2 is 1.54 bits per heavy atom. The average Bonchev–Trinajstić information content (AvgIpc) is 2.32. The molecule has 0 aliphatic heterocycles. The first-order valence-electron chi connectivity index (χ1n) is 3.41. The maximum atomic E-state index is 5.90. The van der Waals surface area contributed by atoms with Crippen molar-refractivity contribution in [1.82, 2.24) is 4.98 Å². The minimum Gasteiger partial charge on any atom is -0.344 e. The predicted octanol–water partition coefficient (Wildman–Crippen LogP) is 4.78. The van der Waals surface area contributed by atoms with Crippen molar-refractivity contribution in [2.45, 2.75) is 0 Å². The third kappa shape index (κ3) is 1.50. The first-order valence-corrected chi connectivity index (χ1v) is 4.92. The van der Waals surface area contributed by atoms with E-state index in [0.717, 1.165) is 10.9 Å². The number of hydrogen-bond donors (Lipinski definition) is 1. The highest BCUT2D eigenvalue weighted by molar-refractivity contribution is 6.47. The summed E-state index contributed by atoms with van der Waals surface area (Å²) >= 11 is 23.3. The van der Waals surface area contributed by atoms with Crippen LogP contribution in [-0.4, -0.2) is 4.98 Å². The molecule has 2 rings (SSSR count). The van der Waals surface area contributed by atoms with Crippen LogP contribution in [0.5, 0.6) is 0 Å². The fraction of sp³-hybridized carbons (Fsp3) is 0. The van der Waals surface area contributed by atoms with E-state index >= 15 is 0 Å². The fourth-order valence-electron chi connectivity index (χ4n) is 1.12. The van der Waals surface area contributed by atoms with Crippen molar-refractivity contribution in [3.05, 3.63) is 32.4 Å². The molecule has 13 heavy (non-hydrogen) atoms. The molecule has 5 heteroatoms. The van der Waals surface area contributed by atoms with E-state index in [0.29, 0.717) is 20.2 Å². The Kier molecular flexibility index (Phi) is 2.37. The lowest BCUT2D eigenvalue weighted by Crippen LogP contribution is -1.70. The maximum absolute atomic E-state index is 5.90. The van der Waals surface area contributed by atoms with Crippen molar-refractivity contribution in [3.8, 4) is 0 Å². The minimum atomic E-state index is 0.398. The number of aromatic amines is 1. The van der Waals surface area contributed by atoms with Gasteiger partial charge in [0.05, 0.1) is 15.1 Å². The maximum Gasteiger partial charge on any atom is 0.126 e. The van der Waals surface area contributed by atoms with Gasteiger partial charge < -0.3 is 4.98 Å². The van der Waals surface area contributed by atoms with Crippen LogP contribution in [0, 0.1) is 0 Å². The Balaban J connectivity index is 2.89. The Hall–Kier alpha value is -0.0800. The highest BCUT2D eigenvalue weighted by Gasteiger charge is 2.09. The summed E-state index contributed by atoms with van der Waals surface area (Å²) in [4.78, 5) is 2.89. The summed E-state index contributed by atoms with van der Waals surface area (Å²) in [5, 5.41) is 2.58. The summed E-state index contributed by atoms with van der Waals surface area (Å²) in [5.41, 5.74) is 0.782. The van der Waals surface area contributed by atoms with Crippen LogP contribution in [0.15, 0.2) is 12.1 Å². The Bertz CT molecular complexity index is 474. The zero-order valence-corrected chi connectivity index (χ0v) is 9.19. The second-order valence-electron chi connectivity index (χ2n) is 2.56. The van der Waals surface area contributed by atoms with E-state index in [4.69, 9.17) is 46.4 Å². The van der Waals surface area contributed by atoms with Gasteiger partial charge in [-0.15, -0.1) is 0 Å². The van der Waals surface area contributed by atoms with Crippen molar-refractivity contribution in [2.24, 2.45) is 0 Å². The van der Waals surface area contributed by atoms with Crippen LogP contribution in [0.2, 0.25) is 20.2 Å². The normalized spacial score (nSPS) is 11.1. The number of hydrogen-bond acceptors (Lipinski definition) is 0. The molecule has 68 valence electrons. The van der Waals surface area contributed by atoms with Gasteiger partial charge in [0.1, 0.15) is 5.15 Å². The molecular weight excluding hydrogens is 252 g/mol. The molecule has 0 fully saturated rings. The molecule has 0 saturated carbocycles. The molecule has 0 atom stereocenters. The van der Waals surface area contributed by atoms with E-state index in [1.54, 1.807) is 12.1 Å². The molecule has 0 saturated heterocycles. The van der Waals surface area contributed by atoms with Crippen molar-refractivity contribution < 1.29 is 0 Å². The number of benzene rings is 1. The summed E-state index contributed by atoms with van der Waals surface area (Å²) in [7, 11) is 0. The monoisotopic (exact) mass is 253 g/mol. The molecule has 1 N–H and O–H groups in total. The molecule has 0 aliphatic rings. The third-order valence-corrected chi connectivity index (χ3v) is 3.23. The van der Waals surface area contributed by atoms with Crippen LogP contribution >= 0.6 is 46.4 Å². The van der Waals surface area contributed by atoms with Gasteiger partial charge >= 0.3 is 0 Å². The molecule has 0 spiro atoms. The largest absolute Gasteiger partial charge is 0.344 e. The van der Waals surface area contributed by atoms with E-state index in [1.165, 1.54) is 0 Å². The van der Waals surface area contributed by atoms with Crippen LogP contribution in [-0.2, 0) is 0 Å². The van der Waals surface area contributed by atoms with Crippen LogP contribution in [0.1, 0.15) is 0 Å². The molecule has 1 aromatic heterocycles. The number of H-pyrrole nitrogens is 1. The van der Waals surface area contributed by atoms with Gasteiger partial charge in [0.2, 0.25) is 0 Å². The number of fused-ring (bicyclic) bond motifs is 1. The Morgan fingerprint density at radius 1 is 0.923 bits per heavy atom. The Morgan fingerprint density at radius 3 is 2.23 bits per heavy atom. The van der Waals surface area contributed by atoms with E-state index < -0.39 is 0 Å². The van der Waals surface area contributed by atoms with Crippen LogP contribution in [0.25, 0.3) is 10.9 Å². The highest BCUT2D eigenvalue weighted by Crippen LogP contribution is 2.35. The molecule has 0 radical (unpaired) electrons. The van der Waals surface area contributed by atoms with Gasteiger partial charge in [-0.1, -0.05) is 46.4 Å². The van der Waals surface area contributed by atoms with Gasteiger partial charge in [0.15, 0.2) is 0 Å². The topological polar surface area (TPSA) is 15.8 Å². The van der Waals surface area contributed by atoms with Gasteiger partial charge in [0.25, 0.3) is 0 Å². The third-order valence-electron chi connectivity index (χ3n) is 1.73. The summed E-state index contributed by atoms with van der Waals surface area (Å²) in [6, 6.07) is 3.38. The van der Waals surface area contributed by atoms with Crippen molar-refractivity contribution in [1.29, 1.82) is 0 Å². The molecule has 1 heterocycles. The second-order valence-corrected chi connectivity index (χ2v) is 4.14. The predicted molar refractivity (Wildman–Crippen MR) is 58.3 cm³/mol. The summed E-state index contributed by atoms with van der Waals surface area (Å²) in [6.45, 7) is 0. The second kappa shape index (κ2) is 3.25. The lowest BCUT2D eigenvalue weighted by Gasteiger charge is -1.95. The summed E-state index contributed by atoms with van der Waals surface area (Å²) in [5.74, 6) is 0. The smallest absolute Gasteiger partial charge is 0.126 e. The van der Waals surface area contributed by atoms with Crippen LogP contribution in [0.3, 0.4) is 0 Å². The molecule has 0 unspecified atom stereocenters. The van der Waals surface area contributed by atoms with Crippen LogP contribution in [0.4, 0.5) is 0 Å². The zero-order valence-electron chi connectivity index (χ0n) is 6.17. The quantitative estimate of drug-likeness (QED) is 0.696. The average molecular weight is 255 g/mol. The van der Waals surface area contributed by atoms with Gasteiger partial charge in [-0.2, -0.15) is 0 Å². The fourth-order valence-corrected chi connectivity index (χ4v) is 1.86. The van der Waals surface area contributed by atoms with E-state index in [9.17, 15) is 0 Å². The lowest BCUT2D eigenvalue weighted by atomic mass is 10.2. The number of rotatable bonds is 0. The first kappa shape index (κ1) is 9.47. The van der Waals surface area contributed by atoms with Crippen molar-refractivity contribution in [3.63, 3.8) is 0 Å². The molecule has 1 nitrogen and oxygen atoms in total. The first-order chi connectivity index (χ1) is 6.09. The van der Waals surface area contributed by atoms with Crippen LogP contribution < -0.4 is 0 Å². The van der Waals surface area contributed by atoms with Crippen molar-refractivity contribution >= 4 is 57.3 Å². The van der Waals surface area contributed by atoms with Gasteiger partial charge in [-0.05, 0) is 12.1 Å². The van der Waals surface area contributed by atoms with E-state index in [2.05, 4.69) is 4.98 Å². The number of aromatic nitrogens is 1. The zero-order chi connectivity index (χ0) is 9.59. The molecule has 0 amide bonds. The molecular formula is C8H3Cl4N. The summed E-state index contributed by atoms with van der Waals surface area (Å²) in [6.07, 6.45) is 0. The Labute approximate surface area is 94.5 Å². The van der Waals surface area contributed by atoms with Gasteiger partial charge in [-0.3, -0.25) is 0 Å². The van der Waals surface area contributed by atoms with Gasteiger partial charge in [0, 0.05) is 10.9 Å². The van der Waals surface area contributed by atoms with Gasteiger partial charge in [-0.25, -0.2) is 0 Å². The summed E-state index contributed by atoms with van der Waals surface area (Å²) < 4.78 is 0. The molecule has 0 aliphatic carbocycles. The number of nitrogens with one attached hydrogen (secondary N) is 1. The number of halogens is 4. The SMILES string of the molecule is Clc1cc2[nH]c(Cl)c(Cl)c2cc1Cl. The van der Waals surface area contributed by atoms with Crippen molar-refractivity contribution in [2.75, 3.05) is 0 Å². The highest BCUT2D eigenvalue weighted by atomic mass is 35.5. The molecule has 0 bridgehead atoms. The van der Waals surface area contributed by atoms with E-state index in [-0.39, 0.29) is 0 Å². The standard InChI is InChI=1S/C8H3Cl4N/c9-4-1-3-6(2-5(4)10)13-8(12)7(3)11/h1-2,13H. The molecule has 1 aromatic carbocycles. The minimum absolute atomic E-state index is 0.398. The van der Waals surface area contributed by atoms with E-state index in [1.807, 2.05) is 0 Å². The lowest BCUT2D eigenvalue weighted by molar-refractivity contribution is 1.47.